The Labute approximate surface area is 200 Å². The lowest BCUT2D eigenvalue weighted by Gasteiger charge is -2.38. The Hall–Kier alpha value is -2.23. The Morgan fingerprint density at radius 1 is 1.21 bits per heavy atom. The number of halogens is 1. The minimum Gasteiger partial charge on any atom is -0.493 e. The molecule has 1 unspecified atom stereocenters. The predicted molar refractivity (Wildman–Crippen MR) is 129 cm³/mol. The molecule has 1 atom stereocenters. The zero-order valence-electron chi connectivity index (χ0n) is 19.6. The van der Waals surface area contributed by atoms with Crippen molar-refractivity contribution >= 4 is 29.2 Å². The Bertz CT molecular complexity index is 816. The van der Waals surface area contributed by atoms with Gasteiger partial charge >= 0.3 is 6.03 Å². The molecule has 0 saturated carbocycles. The molecule has 1 aromatic rings. The molecule has 3 rings (SSSR count). The second kappa shape index (κ2) is 12.3. The van der Waals surface area contributed by atoms with Gasteiger partial charge in [0.15, 0.2) is 0 Å². The summed E-state index contributed by atoms with van der Waals surface area (Å²) in [5.74, 6) is 0.718. The largest absolute Gasteiger partial charge is 0.493 e. The third-order valence-corrected chi connectivity index (χ3v) is 6.43. The van der Waals surface area contributed by atoms with Crippen LogP contribution in [0.4, 0.5) is 10.5 Å². The van der Waals surface area contributed by atoms with Crippen LogP contribution in [0.1, 0.15) is 37.0 Å². The van der Waals surface area contributed by atoms with Crippen molar-refractivity contribution < 1.29 is 19.1 Å². The van der Waals surface area contributed by atoms with Gasteiger partial charge in [-0.15, -0.1) is 0 Å². The molecule has 0 spiro atoms. The lowest BCUT2D eigenvalue weighted by molar-refractivity contribution is -0.0330. The number of morpholine rings is 1. The first-order valence-electron chi connectivity index (χ1n) is 11.8. The molecule has 0 radical (unpaired) electrons. The summed E-state index contributed by atoms with van der Waals surface area (Å²) in [4.78, 5) is 29.1. The van der Waals surface area contributed by atoms with E-state index in [4.69, 9.17) is 26.8 Å². The normalized spacial score (nSPS) is 19.8. The van der Waals surface area contributed by atoms with Crippen LogP contribution >= 0.6 is 11.6 Å². The maximum atomic E-state index is 12.8. The van der Waals surface area contributed by atoms with Crippen LogP contribution in [0, 0.1) is 5.92 Å². The van der Waals surface area contributed by atoms with Gasteiger partial charge in [-0.25, -0.2) is 4.79 Å². The molecule has 0 aliphatic carbocycles. The highest BCUT2D eigenvalue weighted by Crippen LogP contribution is 2.29. The molecule has 0 bridgehead atoms. The van der Waals surface area contributed by atoms with E-state index in [-0.39, 0.29) is 18.0 Å². The standard InChI is InChI=1S/C23H36ClN5O4/c1-3-26-23(31)29-7-5-16(6-8-29)14-28-9-10-33-17(15-28)13-27-22(30)18-11-19(24)20(25)12-21(18)32-4-2/h11-12,16-17H,3-10,13-15,25H2,1-2H3,(H,26,31)(H,27,30). The van der Waals surface area contributed by atoms with Crippen LogP contribution in [-0.2, 0) is 4.74 Å². The average Bonchev–Trinajstić information content (AvgIpc) is 2.81. The van der Waals surface area contributed by atoms with Crippen molar-refractivity contribution in [3.63, 3.8) is 0 Å². The monoisotopic (exact) mass is 481 g/mol. The first kappa shape index (κ1) is 25.4. The van der Waals surface area contributed by atoms with E-state index in [1.54, 1.807) is 12.1 Å². The van der Waals surface area contributed by atoms with E-state index in [0.717, 1.165) is 45.6 Å². The van der Waals surface area contributed by atoms with Crippen LogP contribution in [0.15, 0.2) is 12.1 Å². The molecule has 2 saturated heterocycles. The number of piperidine rings is 1. The van der Waals surface area contributed by atoms with Crippen molar-refractivity contribution in [1.82, 2.24) is 20.4 Å². The van der Waals surface area contributed by atoms with Gasteiger partial charge in [0.1, 0.15) is 5.75 Å². The molecule has 1 aromatic carbocycles. The van der Waals surface area contributed by atoms with E-state index in [1.807, 2.05) is 18.7 Å². The van der Waals surface area contributed by atoms with E-state index >= 15 is 0 Å². The second-order valence-corrected chi connectivity index (χ2v) is 8.94. The van der Waals surface area contributed by atoms with Crippen molar-refractivity contribution in [2.24, 2.45) is 5.92 Å². The SMILES string of the molecule is CCNC(=O)N1CCC(CN2CCOC(CNC(=O)c3cc(Cl)c(N)cc3OCC)C2)CC1. The number of anilines is 1. The van der Waals surface area contributed by atoms with Gasteiger partial charge in [0.2, 0.25) is 0 Å². The Balaban J connectivity index is 1.46. The highest BCUT2D eigenvalue weighted by molar-refractivity contribution is 6.33. The topological polar surface area (TPSA) is 109 Å². The molecule has 184 valence electrons. The van der Waals surface area contributed by atoms with Gasteiger partial charge in [-0.1, -0.05) is 11.6 Å². The van der Waals surface area contributed by atoms with Gasteiger partial charge in [0, 0.05) is 51.9 Å². The molecule has 33 heavy (non-hydrogen) atoms. The number of nitrogens with two attached hydrogens (primary N) is 1. The van der Waals surface area contributed by atoms with Crippen molar-refractivity contribution in [1.29, 1.82) is 0 Å². The first-order valence-corrected chi connectivity index (χ1v) is 12.2. The molecule has 4 N–H and O–H groups in total. The number of amides is 3. The molecule has 10 heteroatoms. The van der Waals surface area contributed by atoms with Crippen molar-refractivity contribution in [2.45, 2.75) is 32.8 Å². The van der Waals surface area contributed by atoms with Crippen molar-refractivity contribution in [2.75, 3.05) is 64.8 Å². The third-order valence-electron chi connectivity index (χ3n) is 6.10. The molecule has 2 aliphatic heterocycles. The van der Waals surface area contributed by atoms with E-state index in [0.29, 0.717) is 54.2 Å². The van der Waals surface area contributed by atoms with Crippen LogP contribution in [0.2, 0.25) is 5.02 Å². The summed E-state index contributed by atoms with van der Waals surface area (Å²) in [6.45, 7) is 10.1. The smallest absolute Gasteiger partial charge is 0.317 e. The number of hydrogen-bond acceptors (Lipinski definition) is 6. The summed E-state index contributed by atoms with van der Waals surface area (Å²) in [6.07, 6.45) is 1.93. The quantitative estimate of drug-likeness (QED) is 0.491. The second-order valence-electron chi connectivity index (χ2n) is 8.53. The molecule has 0 aromatic heterocycles. The lowest BCUT2D eigenvalue weighted by Crippen LogP contribution is -2.50. The number of likely N-dealkylation sites (tertiary alicyclic amines) is 1. The van der Waals surface area contributed by atoms with Crippen molar-refractivity contribution in [3.05, 3.63) is 22.7 Å². The fraction of sp³-hybridized carbons (Fsp3) is 0.652. The molecule has 3 amide bonds. The molecule has 2 heterocycles. The number of urea groups is 1. The van der Waals surface area contributed by atoms with Gasteiger partial charge in [-0.2, -0.15) is 0 Å². The van der Waals surface area contributed by atoms with Crippen molar-refractivity contribution in [3.8, 4) is 5.75 Å². The fourth-order valence-corrected chi connectivity index (χ4v) is 4.50. The molecular formula is C23H36ClN5O4. The minimum absolute atomic E-state index is 0.0352. The molecule has 9 nitrogen and oxygen atoms in total. The molecular weight excluding hydrogens is 446 g/mol. The van der Waals surface area contributed by atoms with Gasteiger partial charge in [-0.3, -0.25) is 9.69 Å². The van der Waals surface area contributed by atoms with Crippen LogP contribution in [0.3, 0.4) is 0 Å². The van der Waals surface area contributed by atoms with Gasteiger partial charge in [0.05, 0.1) is 35.6 Å². The van der Waals surface area contributed by atoms with Crippen LogP contribution < -0.4 is 21.1 Å². The number of carbonyl (C=O) groups is 2. The summed E-state index contributed by atoms with van der Waals surface area (Å²) in [5, 5.41) is 6.14. The Morgan fingerprint density at radius 2 is 1.97 bits per heavy atom. The average molecular weight is 482 g/mol. The number of carbonyl (C=O) groups excluding carboxylic acids is 2. The fourth-order valence-electron chi connectivity index (χ4n) is 4.34. The summed E-state index contributed by atoms with van der Waals surface area (Å²) < 4.78 is 11.4. The van der Waals surface area contributed by atoms with E-state index in [1.165, 1.54) is 0 Å². The number of rotatable bonds is 8. The van der Waals surface area contributed by atoms with Crippen LogP contribution in [0.5, 0.6) is 5.75 Å². The number of ether oxygens (including phenoxy) is 2. The summed E-state index contributed by atoms with van der Waals surface area (Å²) in [7, 11) is 0. The van der Waals surface area contributed by atoms with E-state index in [9.17, 15) is 9.59 Å². The van der Waals surface area contributed by atoms with Gasteiger partial charge in [-0.05, 0) is 38.7 Å². The minimum atomic E-state index is -0.265. The highest BCUT2D eigenvalue weighted by atomic mass is 35.5. The van der Waals surface area contributed by atoms with E-state index in [2.05, 4.69) is 15.5 Å². The summed E-state index contributed by atoms with van der Waals surface area (Å²) in [5.41, 5.74) is 6.59. The predicted octanol–water partition coefficient (Wildman–Crippen LogP) is 2.19. The summed E-state index contributed by atoms with van der Waals surface area (Å²) >= 11 is 6.12. The van der Waals surface area contributed by atoms with Gasteiger partial charge in [0.25, 0.3) is 5.91 Å². The Morgan fingerprint density at radius 3 is 2.67 bits per heavy atom. The first-order chi connectivity index (χ1) is 15.9. The number of nitrogens with zero attached hydrogens (tertiary/aromatic N) is 2. The lowest BCUT2D eigenvalue weighted by atomic mass is 9.96. The molecule has 2 aliphatic rings. The zero-order chi connectivity index (χ0) is 23.8. The molecule has 2 fully saturated rings. The van der Waals surface area contributed by atoms with Crippen LogP contribution in [-0.4, -0.2) is 86.9 Å². The number of nitrogens with one attached hydrogen (secondary N) is 2. The van der Waals surface area contributed by atoms with Crippen LogP contribution in [0.25, 0.3) is 0 Å². The third kappa shape index (κ3) is 7.12. The number of hydrogen-bond donors (Lipinski definition) is 3. The Kier molecular flexibility index (Phi) is 9.46. The highest BCUT2D eigenvalue weighted by Gasteiger charge is 2.27. The number of benzene rings is 1. The number of nitrogen functional groups attached to an aromatic ring is 1. The maximum absolute atomic E-state index is 12.8. The summed E-state index contributed by atoms with van der Waals surface area (Å²) in [6, 6.07) is 3.16. The van der Waals surface area contributed by atoms with E-state index < -0.39 is 0 Å². The maximum Gasteiger partial charge on any atom is 0.317 e. The van der Waals surface area contributed by atoms with Gasteiger partial charge < -0.3 is 30.7 Å². The zero-order valence-corrected chi connectivity index (χ0v) is 20.3.